The molecular formula is C14H10F2N2O2S. The van der Waals surface area contributed by atoms with Gasteiger partial charge in [-0.05, 0) is 35.9 Å². The molecule has 0 saturated carbocycles. The lowest BCUT2D eigenvalue weighted by Crippen LogP contribution is -1.98. The molecule has 0 fully saturated rings. The molecule has 1 aromatic heterocycles. The van der Waals surface area contributed by atoms with E-state index in [1.54, 1.807) is 18.2 Å². The van der Waals surface area contributed by atoms with E-state index in [4.69, 9.17) is 10.2 Å². The van der Waals surface area contributed by atoms with Crippen LogP contribution in [0.15, 0.2) is 46.0 Å². The lowest BCUT2D eigenvalue weighted by Gasteiger charge is -1.99. The Kier molecular flexibility index (Phi) is 3.42. The summed E-state index contributed by atoms with van der Waals surface area (Å²) < 4.78 is 43.5. The predicted molar refractivity (Wildman–Crippen MR) is 74.9 cm³/mol. The maximum atomic E-state index is 13.1. The first kappa shape index (κ1) is 13.7. The van der Waals surface area contributed by atoms with Crippen molar-refractivity contribution in [2.75, 3.05) is 5.73 Å². The molecule has 0 aliphatic carbocycles. The number of anilines is 1. The van der Waals surface area contributed by atoms with Crippen LogP contribution in [0.1, 0.15) is 5.56 Å². The number of aromatic nitrogens is 1. The van der Waals surface area contributed by atoms with Gasteiger partial charge in [0.2, 0.25) is 0 Å². The number of fused-ring (bicyclic) bond motifs is 1. The molecule has 4 nitrogen and oxygen atoms in total. The Morgan fingerprint density at radius 2 is 1.95 bits per heavy atom. The summed E-state index contributed by atoms with van der Waals surface area (Å²) in [6.07, 6.45) is 0. The Bertz CT molecular complexity index is 848. The van der Waals surface area contributed by atoms with Crippen molar-refractivity contribution in [3.63, 3.8) is 0 Å². The van der Waals surface area contributed by atoms with Crippen molar-refractivity contribution in [1.29, 1.82) is 0 Å². The smallest absolute Gasteiger partial charge is 0.288 e. The highest BCUT2D eigenvalue weighted by atomic mass is 32.2. The minimum Gasteiger partial charge on any atom is -0.430 e. The SMILES string of the molecule is Nc1ccc2oc(S(=O)Cc3ccc(F)c(F)c3)nc2c1. The summed E-state index contributed by atoms with van der Waals surface area (Å²) in [4.78, 5) is 4.09. The van der Waals surface area contributed by atoms with E-state index in [9.17, 15) is 13.0 Å². The van der Waals surface area contributed by atoms with Gasteiger partial charge in [-0.1, -0.05) is 6.07 Å². The molecule has 2 aromatic carbocycles. The maximum Gasteiger partial charge on any atom is 0.288 e. The van der Waals surface area contributed by atoms with Crippen LogP contribution in [0.5, 0.6) is 0 Å². The first-order valence-electron chi connectivity index (χ1n) is 6.01. The molecule has 2 N–H and O–H groups in total. The molecule has 0 aliphatic heterocycles. The molecule has 3 rings (SSSR count). The maximum absolute atomic E-state index is 13.1. The van der Waals surface area contributed by atoms with Crippen molar-refractivity contribution in [2.24, 2.45) is 0 Å². The van der Waals surface area contributed by atoms with E-state index in [1.807, 2.05) is 0 Å². The van der Waals surface area contributed by atoms with Crippen LogP contribution in [0.4, 0.5) is 14.5 Å². The van der Waals surface area contributed by atoms with E-state index in [1.165, 1.54) is 6.07 Å². The van der Waals surface area contributed by atoms with Gasteiger partial charge in [0.15, 0.2) is 17.2 Å². The summed E-state index contributed by atoms with van der Waals surface area (Å²) in [6.45, 7) is 0. The van der Waals surface area contributed by atoms with Crippen molar-refractivity contribution in [3.05, 3.63) is 53.6 Å². The number of rotatable bonds is 3. The fraction of sp³-hybridized carbons (Fsp3) is 0.0714. The number of halogens is 2. The van der Waals surface area contributed by atoms with E-state index < -0.39 is 22.4 Å². The topological polar surface area (TPSA) is 69.1 Å². The number of hydrogen-bond acceptors (Lipinski definition) is 4. The molecule has 1 heterocycles. The minimum absolute atomic E-state index is 0.0144. The molecule has 0 aliphatic rings. The van der Waals surface area contributed by atoms with Crippen molar-refractivity contribution in [1.82, 2.24) is 4.98 Å². The summed E-state index contributed by atoms with van der Waals surface area (Å²) in [5.74, 6) is -1.93. The van der Waals surface area contributed by atoms with Gasteiger partial charge in [-0.2, -0.15) is 0 Å². The Labute approximate surface area is 121 Å². The second-order valence-corrected chi connectivity index (χ2v) is 5.77. The van der Waals surface area contributed by atoms with Crippen LogP contribution in [0.25, 0.3) is 11.1 Å². The number of hydrogen-bond donors (Lipinski definition) is 1. The average molecular weight is 308 g/mol. The number of oxazole rings is 1. The van der Waals surface area contributed by atoms with E-state index in [0.29, 0.717) is 22.4 Å². The van der Waals surface area contributed by atoms with Gasteiger partial charge in [-0.3, -0.25) is 0 Å². The van der Waals surface area contributed by atoms with Crippen LogP contribution in [0.3, 0.4) is 0 Å². The normalized spacial score (nSPS) is 12.7. The minimum atomic E-state index is -1.60. The van der Waals surface area contributed by atoms with Gasteiger partial charge in [-0.15, -0.1) is 0 Å². The number of nitrogen functional groups attached to an aromatic ring is 1. The summed E-state index contributed by atoms with van der Waals surface area (Å²) in [5, 5.41) is 0.0281. The second-order valence-electron chi connectivity index (χ2n) is 4.45. The Balaban J connectivity index is 1.87. The Morgan fingerprint density at radius 3 is 2.71 bits per heavy atom. The van der Waals surface area contributed by atoms with Gasteiger partial charge in [0.25, 0.3) is 5.22 Å². The number of nitrogens with two attached hydrogens (primary N) is 1. The third-order valence-electron chi connectivity index (χ3n) is 2.87. The molecule has 0 amide bonds. The molecule has 1 unspecified atom stereocenters. The van der Waals surface area contributed by atoms with Gasteiger partial charge in [0, 0.05) is 5.69 Å². The Morgan fingerprint density at radius 1 is 1.14 bits per heavy atom. The van der Waals surface area contributed by atoms with E-state index in [-0.39, 0.29) is 11.0 Å². The zero-order valence-electron chi connectivity index (χ0n) is 10.7. The second kappa shape index (κ2) is 5.25. The van der Waals surface area contributed by atoms with Gasteiger partial charge >= 0.3 is 0 Å². The third-order valence-corrected chi connectivity index (χ3v) is 4.03. The highest BCUT2D eigenvalue weighted by molar-refractivity contribution is 7.84. The van der Waals surface area contributed by atoms with Crippen LogP contribution in [0, 0.1) is 11.6 Å². The molecular weight excluding hydrogens is 298 g/mol. The Hall–Kier alpha value is -2.28. The van der Waals surface area contributed by atoms with Gasteiger partial charge in [0.05, 0.1) is 5.75 Å². The fourth-order valence-electron chi connectivity index (χ4n) is 1.86. The van der Waals surface area contributed by atoms with Crippen LogP contribution in [-0.4, -0.2) is 9.19 Å². The van der Waals surface area contributed by atoms with E-state index in [2.05, 4.69) is 4.98 Å². The molecule has 0 bridgehead atoms. The van der Waals surface area contributed by atoms with Crippen LogP contribution >= 0.6 is 0 Å². The summed E-state index contributed by atoms with van der Waals surface area (Å²) in [6, 6.07) is 8.27. The van der Waals surface area contributed by atoms with Gasteiger partial charge in [0.1, 0.15) is 16.3 Å². The third kappa shape index (κ3) is 2.78. The molecule has 0 saturated heterocycles. The fourth-order valence-corrected chi connectivity index (χ4v) is 2.85. The van der Waals surface area contributed by atoms with Crippen LogP contribution < -0.4 is 5.73 Å². The molecule has 3 aromatic rings. The lowest BCUT2D eigenvalue weighted by molar-refractivity contribution is 0.477. The van der Waals surface area contributed by atoms with Gasteiger partial charge in [-0.25, -0.2) is 18.0 Å². The van der Waals surface area contributed by atoms with Crippen LogP contribution in [0.2, 0.25) is 0 Å². The lowest BCUT2D eigenvalue weighted by atomic mass is 10.2. The van der Waals surface area contributed by atoms with Crippen molar-refractivity contribution >= 4 is 27.6 Å². The summed E-state index contributed by atoms with van der Waals surface area (Å²) in [7, 11) is -1.60. The molecule has 7 heteroatoms. The highest BCUT2D eigenvalue weighted by Gasteiger charge is 2.14. The van der Waals surface area contributed by atoms with E-state index >= 15 is 0 Å². The largest absolute Gasteiger partial charge is 0.430 e. The zero-order valence-corrected chi connectivity index (χ0v) is 11.5. The number of nitrogens with zero attached hydrogens (tertiary/aromatic N) is 1. The zero-order chi connectivity index (χ0) is 15.0. The summed E-state index contributed by atoms with van der Waals surface area (Å²) >= 11 is 0. The molecule has 21 heavy (non-hydrogen) atoms. The van der Waals surface area contributed by atoms with Crippen molar-refractivity contribution in [3.8, 4) is 0 Å². The standard InChI is InChI=1S/C14H10F2N2O2S/c15-10-3-1-8(5-11(10)16)7-21(19)14-18-12-6-9(17)2-4-13(12)20-14/h1-6H,7,17H2. The van der Waals surface area contributed by atoms with Crippen molar-refractivity contribution < 1.29 is 17.4 Å². The molecule has 0 spiro atoms. The molecule has 108 valence electrons. The number of benzene rings is 2. The predicted octanol–water partition coefficient (Wildman–Crippen LogP) is 3.00. The first-order chi connectivity index (χ1) is 10.0. The van der Waals surface area contributed by atoms with Gasteiger partial charge < -0.3 is 10.2 Å². The quantitative estimate of drug-likeness (QED) is 0.755. The average Bonchev–Trinajstić information content (AvgIpc) is 2.86. The first-order valence-corrected chi connectivity index (χ1v) is 7.33. The van der Waals surface area contributed by atoms with E-state index in [0.717, 1.165) is 12.1 Å². The highest BCUT2D eigenvalue weighted by Crippen LogP contribution is 2.21. The van der Waals surface area contributed by atoms with Crippen molar-refractivity contribution in [2.45, 2.75) is 11.0 Å². The van der Waals surface area contributed by atoms with Crippen LogP contribution in [-0.2, 0) is 16.6 Å². The molecule has 1 atom stereocenters. The summed E-state index contributed by atoms with van der Waals surface area (Å²) in [5.41, 5.74) is 7.52. The monoisotopic (exact) mass is 308 g/mol. The molecule has 0 radical (unpaired) electrons.